The summed E-state index contributed by atoms with van der Waals surface area (Å²) in [4.78, 5) is 16.3. The quantitative estimate of drug-likeness (QED) is 0.507. The molecule has 36 heavy (non-hydrogen) atoms. The number of piperidine rings is 1. The van der Waals surface area contributed by atoms with Crippen LogP contribution in [0.15, 0.2) is 42.5 Å². The van der Waals surface area contributed by atoms with Crippen LogP contribution in [0.3, 0.4) is 0 Å². The van der Waals surface area contributed by atoms with E-state index in [1.807, 2.05) is 38.1 Å². The smallest absolute Gasteiger partial charge is 0.256 e. The van der Waals surface area contributed by atoms with Gasteiger partial charge in [-0.15, -0.1) is 0 Å². The van der Waals surface area contributed by atoms with Crippen molar-refractivity contribution >= 4 is 5.91 Å². The molecule has 2 aromatic rings. The summed E-state index contributed by atoms with van der Waals surface area (Å²) in [6, 6.07) is 12.2. The molecular formula is C29H38F2N2O3. The van der Waals surface area contributed by atoms with E-state index in [2.05, 4.69) is 4.90 Å². The van der Waals surface area contributed by atoms with E-state index in [9.17, 15) is 18.7 Å². The molecule has 1 N–H and O–H groups in total. The molecule has 2 saturated heterocycles. The van der Waals surface area contributed by atoms with Gasteiger partial charge in [-0.2, -0.15) is 0 Å². The van der Waals surface area contributed by atoms with Crippen molar-refractivity contribution < 1.29 is 23.4 Å². The van der Waals surface area contributed by atoms with Crippen molar-refractivity contribution in [3.63, 3.8) is 0 Å². The van der Waals surface area contributed by atoms with Crippen LogP contribution in [0.25, 0.3) is 11.1 Å². The Balaban J connectivity index is 1.27. The van der Waals surface area contributed by atoms with Crippen LogP contribution < -0.4 is 4.74 Å². The molecule has 2 fully saturated rings. The molecule has 0 bridgehead atoms. The second-order valence-corrected chi connectivity index (χ2v) is 10.3. The Morgan fingerprint density at radius 1 is 1.03 bits per heavy atom. The number of carbonyl (C=O) groups is 1. The minimum atomic E-state index is -1.08. The number of hydrogen-bond donors (Lipinski definition) is 1. The van der Waals surface area contributed by atoms with Crippen LogP contribution in [0.2, 0.25) is 0 Å². The molecule has 4 rings (SSSR count). The molecule has 0 aliphatic carbocycles. The van der Waals surface area contributed by atoms with Crippen LogP contribution >= 0.6 is 0 Å². The number of β-amino-alcohol motifs (C(OH)–C–C–N with tert-alkyl or cyclic N) is 1. The third kappa shape index (κ3) is 6.43. The highest BCUT2D eigenvalue weighted by Gasteiger charge is 2.30. The Labute approximate surface area is 213 Å². The molecule has 0 aromatic heterocycles. The predicted octanol–water partition coefficient (Wildman–Crippen LogP) is 5.32. The number of alkyl halides is 1. The Bertz CT molecular complexity index is 1020. The van der Waals surface area contributed by atoms with Crippen LogP contribution in [0.1, 0.15) is 56.3 Å². The van der Waals surface area contributed by atoms with Crippen molar-refractivity contribution in [2.45, 2.75) is 57.7 Å². The van der Waals surface area contributed by atoms with Crippen molar-refractivity contribution in [1.29, 1.82) is 0 Å². The second-order valence-electron chi connectivity index (χ2n) is 10.3. The van der Waals surface area contributed by atoms with Crippen molar-refractivity contribution in [1.82, 2.24) is 9.80 Å². The van der Waals surface area contributed by atoms with Crippen molar-refractivity contribution in [2.75, 3.05) is 39.3 Å². The first-order chi connectivity index (χ1) is 17.3. The lowest BCUT2D eigenvalue weighted by molar-refractivity contribution is 0.0568. The fourth-order valence-electron chi connectivity index (χ4n) is 5.11. The van der Waals surface area contributed by atoms with Gasteiger partial charge in [-0.3, -0.25) is 4.79 Å². The minimum absolute atomic E-state index is 0.0282. The maximum absolute atomic E-state index is 14.7. The largest absolute Gasteiger partial charge is 0.493 e. The number of aliphatic hydroxyl groups excluding tert-OH is 1. The van der Waals surface area contributed by atoms with Gasteiger partial charge in [0.2, 0.25) is 0 Å². The number of halogens is 2. The average molecular weight is 501 g/mol. The lowest BCUT2D eigenvalue weighted by atomic mass is 9.94. The van der Waals surface area contributed by atoms with Crippen LogP contribution in [0, 0.1) is 11.7 Å². The highest BCUT2D eigenvalue weighted by molar-refractivity contribution is 5.95. The number of aliphatic hydroxyl groups is 1. The van der Waals surface area contributed by atoms with Crippen molar-refractivity contribution in [2.24, 2.45) is 5.92 Å². The van der Waals surface area contributed by atoms with Gasteiger partial charge in [-0.25, -0.2) is 8.78 Å². The predicted molar refractivity (Wildman–Crippen MR) is 137 cm³/mol. The molecule has 0 saturated carbocycles. The van der Waals surface area contributed by atoms with E-state index < -0.39 is 17.6 Å². The zero-order valence-electron chi connectivity index (χ0n) is 21.4. The van der Waals surface area contributed by atoms with Gasteiger partial charge in [-0.05, 0) is 86.5 Å². The Morgan fingerprint density at radius 3 is 2.28 bits per heavy atom. The summed E-state index contributed by atoms with van der Waals surface area (Å²) in [7, 11) is 0. The van der Waals surface area contributed by atoms with E-state index in [-0.39, 0.29) is 18.0 Å². The number of benzene rings is 2. The molecule has 196 valence electrons. The Hall–Kier alpha value is -2.51. The summed E-state index contributed by atoms with van der Waals surface area (Å²) < 4.78 is 35.5. The topological polar surface area (TPSA) is 53.0 Å². The molecule has 7 heteroatoms. The van der Waals surface area contributed by atoms with E-state index in [1.54, 1.807) is 6.07 Å². The fraction of sp³-hybridized carbons (Fsp3) is 0.552. The summed E-state index contributed by atoms with van der Waals surface area (Å²) in [5.74, 6) is 0.272. The monoisotopic (exact) mass is 500 g/mol. The lowest BCUT2D eigenvalue weighted by Crippen LogP contribution is -2.44. The van der Waals surface area contributed by atoms with Gasteiger partial charge >= 0.3 is 0 Å². The van der Waals surface area contributed by atoms with Crippen LogP contribution in [0.4, 0.5) is 8.78 Å². The van der Waals surface area contributed by atoms with Crippen LogP contribution in [-0.4, -0.2) is 71.9 Å². The standard InChI is InChI=1S/C29H38F2N2O3/c1-3-29(31,4-2)20-32-14-11-21(12-15-32)19-36-25-8-5-22(6-9-25)23-7-10-26(27(30)17-23)28(35)33-16-13-24(34)18-33/h5-10,17,21,24,34H,3-4,11-16,18-20H2,1-2H3/t24-/m0/s1. The fourth-order valence-corrected chi connectivity index (χ4v) is 5.11. The minimum Gasteiger partial charge on any atom is -0.493 e. The molecule has 1 amide bonds. The Morgan fingerprint density at radius 2 is 1.69 bits per heavy atom. The third-order valence-corrected chi connectivity index (χ3v) is 7.80. The Kier molecular flexibility index (Phi) is 8.62. The molecule has 0 radical (unpaired) electrons. The zero-order valence-corrected chi connectivity index (χ0v) is 21.4. The highest BCUT2D eigenvalue weighted by atomic mass is 19.1. The van der Waals surface area contributed by atoms with E-state index >= 15 is 0 Å². The summed E-state index contributed by atoms with van der Waals surface area (Å²) >= 11 is 0. The van der Waals surface area contributed by atoms with E-state index in [1.165, 1.54) is 17.0 Å². The number of ether oxygens (including phenoxy) is 1. The van der Waals surface area contributed by atoms with Gasteiger partial charge in [0.05, 0.1) is 18.3 Å². The number of likely N-dealkylation sites (tertiary alicyclic amines) is 2. The van der Waals surface area contributed by atoms with E-state index in [4.69, 9.17) is 4.74 Å². The van der Waals surface area contributed by atoms with Gasteiger partial charge in [-0.1, -0.05) is 32.0 Å². The number of amides is 1. The number of carbonyl (C=O) groups excluding carboxylic acids is 1. The van der Waals surface area contributed by atoms with E-state index in [0.717, 1.165) is 37.2 Å². The molecule has 2 aliphatic heterocycles. The third-order valence-electron chi connectivity index (χ3n) is 7.80. The lowest BCUT2D eigenvalue weighted by Gasteiger charge is -2.36. The van der Waals surface area contributed by atoms with E-state index in [0.29, 0.717) is 50.4 Å². The van der Waals surface area contributed by atoms with Gasteiger partial charge in [0.25, 0.3) is 5.91 Å². The summed E-state index contributed by atoms with van der Waals surface area (Å²) in [5, 5.41) is 9.64. The normalized spacial score (nSPS) is 19.6. The number of nitrogens with zero attached hydrogens (tertiary/aromatic N) is 2. The first-order valence-corrected chi connectivity index (χ1v) is 13.2. The molecular weight excluding hydrogens is 462 g/mol. The number of rotatable bonds is 9. The number of hydrogen-bond acceptors (Lipinski definition) is 4. The highest BCUT2D eigenvalue weighted by Crippen LogP contribution is 2.28. The zero-order chi connectivity index (χ0) is 25.7. The molecule has 2 aliphatic rings. The summed E-state index contributed by atoms with van der Waals surface area (Å²) in [6.45, 7) is 7.49. The molecule has 1 atom stereocenters. The summed E-state index contributed by atoms with van der Waals surface area (Å²) in [6.07, 6.45) is 3.11. The molecule has 0 unspecified atom stereocenters. The first-order valence-electron chi connectivity index (χ1n) is 13.2. The van der Waals surface area contributed by atoms with Crippen molar-refractivity contribution in [3.05, 3.63) is 53.8 Å². The van der Waals surface area contributed by atoms with Gasteiger partial charge in [0.15, 0.2) is 0 Å². The second kappa shape index (κ2) is 11.7. The maximum Gasteiger partial charge on any atom is 0.256 e. The first kappa shape index (κ1) is 26.6. The van der Waals surface area contributed by atoms with Crippen molar-refractivity contribution in [3.8, 4) is 16.9 Å². The van der Waals surface area contributed by atoms with Gasteiger partial charge in [0, 0.05) is 19.6 Å². The molecule has 2 aromatic carbocycles. The molecule has 2 heterocycles. The van der Waals surface area contributed by atoms with Gasteiger partial charge < -0.3 is 19.6 Å². The average Bonchev–Trinajstić information content (AvgIpc) is 3.34. The SMILES string of the molecule is CCC(F)(CC)CN1CCC(COc2ccc(-c3ccc(C(=O)N4CC[C@H](O)C4)c(F)c3)cc2)CC1. The van der Waals surface area contributed by atoms with Crippen LogP contribution in [0.5, 0.6) is 5.75 Å². The summed E-state index contributed by atoms with van der Waals surface area (Å²) in [5.41, 5.74) is 0.473. The maximum atomic E-state index is 14.7. The molecule has 0 spiro atoms. The van der Waals surface area contributed by atoms with Crippen LogP contribution in [-0.2, 0) is 0 Å². The van der Waals surface area contributed by atoms with Gasteiger partial charge in [0.1, 0.15) is 17.2 Å². The molecule has 5 nitrogen and oxygen atoms in total.